The minimum absolute atomic E-state index is 0.0194. The third kappa shape index (κ3) is 5.21. The number of anilines is 4. The summed E-state index contributed by atoms with van der Waals surface area (Å²) < 4.78 is 15.1. The van der Waals surface area contributed by atoms with Crippen LogP contribution in [0.2, 0.25) is 0 Å². The van der Waals surface area contributed by atoms with Gasteiger partial charge in [-0.1, -0.05) is 6.92 Å². The average molecular weight is 506 g/mol. The minimum Gasteiger partial charge on any atom is -0.361 e. The van der Waals surface area contributed by atoms with Crippen molar-refractivity contribution in [1.82, 2.24) is 29.7 Å². The number of hydrogen-bond acceptors (Lipinski definition) is 9. The molecule has 0 bridgehead atoms. The fourth-order valence-corrected chi connectivity index (χ4v) is 5.27. The molecule has 0 spiro atoms. The van der Waals surface area contributed by atoms with Crippen molar-refractivity contribution in [3.8, 4) is 11.3 Å². The van der Waals surface area contributed by atoms with Crippen LogP contribution in [0.4, 0.5) is 27.4 Å². The summed E-state index contributed by atoms with van der Waals surface area (Å²) >= 11 is 0. The lowest BCUT2D eigenvalue weighted by atomic mass is 10.0. The van der Waals surface area contributed by atoms with E-state index in [1.807, 2.05) is 26.1 Å². The number of aromatic nitrogens is 4. The average Bonchev–Trinajstić information content (AvgIpc) is 3.23. The van der Waals surface area contributed by atoms with Crippen LogP contribution in [0.15, 0.2) is 30.9 Å². The molecule has 1 fully saturated rings. The first kappa shape index (κ1) is 25.3. The van der Waals surface area contributed by atoms with Crippen molar-refractivity contribution >= 4 is 23.0 Å². The Morgan fingerprint density at radius 2 is 1.81 bits per heavy atom. The summed E-state index contributed by atoms with van der Waals surface area (Å²) in [7, 11) is 0. The standard InChI is InChI=1S/C27H36FN9/c1-6-35-7-9-36(10-8-35)15-21-13-30-24(14-29-21)34-27-18(4)25(31-16-32-27)20-11-22(28)26-23(12-20)37(17(2)3)19(5)33-26/h11-14,16-17,19,33H,6-10,15H2,1-5H3,(H,30,31,32,34). The van der Waals surface area contributed by atoms with Crippen LogP contribution in [-0.4, -0.2) is 74.7 Å². The van der Waals surface area contributed by atoms with Crippen molar-refractivity contribution in [2.24, 2.45) is 0 Å². The van der Waals surface area contributed by atoms with Crippen molar-refractivity contribution in [1.29, 1.82) is 0 Å². The highest BCUT2D eigenvalue weighted by atomic mass is 19.1. The third-order valence-electron chi connectivity index (χ3n) is 7.28. The van der Waals surface area contributed by atoms with Crippen LogP contribution >= 0.6 is 0 Å². The lowest BCUT2D eigenvalue weighted by Crippen LogP contribution is -2.45. The molecule has 1 saturated heterocycles. The van der Waals surface area contributed by atoms with Gasteiger partial charge in [0.25, 0.3) is 0 Å². The minimum atomic E-state index is -0.285. The van der Waals surface area contributed by atoms with Gasteiger partial charge in [0.1, 0.15) is 23.8 Å². The first-order valence-corrected chi connectivity index (χ1v) is 13.1. The molecule has 2 aliphatic rings. The number of rotatable bonds is 7. The summed E-state index contributed by atoms with van der Waals surface area (Å²) in [6, 6.07) is 3.77. The molecule has 10 heteroatoms. The lowest BCUT2D eigenvalue weighted by Gasteiger charge is -2.33. The highest BCUT2D eigenvalue weighted by molar-refractivity contribution is 5.83. The van der Waals surface area contributed by atoms with E-state index in [0.29, 0.717) is 28.6 Å². The molecule has 4 heterocycles. The molecule has 1 aromatic carbocycles. The maximum Gasteiger partial charge on any atom is 0.150 e. The molecule has 2 N–H and O–H groups in total. The predicted octanol–water partition coefficient (Wildman–Crippen LogP) is 4.25. The number of fused-ring (bicyclic) bond motifs is 1. The Labute approximate surface area is 218 Å². The van der Waals surface area contributed by atoms with Gasteiger partial charge in [0.05, 0.1) is 41.3 Å². The molecule has 5 rings (SSSR count). The number of halogens is 1. The molecular formula is C27H36FN9. The van der Waals surface area contributed by atoms with Crippen LogP contribution in [0.25, 0.3) is 11.3 Å². The van der Waals surface area contributed by atoms with Crippen molar-refractivity contribution in [3.05, 3.63) is 47.9 Å². The van der Waals surface area contributed by atoms with E-state index in [-0.39, 0.29) is 18.0 Å². The Balaban J connectivity index is 1.33. The van der Waals surface area contributed by atoms with Crippen LogP contribution in [0.3, 0.4) is 0 Å². The van der Waals surface area contributed by atoms with E-state index < -0.39 is 0 Å². The molecule has 1 atom stereocenters. The number of likely N-dealkylation sites (N-methyl/N-ethyl adjacent to an activating group) is 1. The molecule has 2 aliphatic heterocycles. The highest BCUT2D eigenvalue weighted by Crippen LogP contribution is 2.41. The van der Waals surface area contributed by atoms with E-state index in [1.165, 1.54) is 12.4 Å². The van der Waals surface area contributed by atoms with E-state index in [4.69, 9.17) is 0 Å². The smallest absolute Gasteiger partial charge is 0.150 e. The fraction of sp³-hybridized carbons (Fsp3) is 0.481. The van der Waals surface area contributed by atoms with E-state index >= 15 is 4.39 Å². The summed E-state index contributed by atoms with van der Waals surface area (Å²) in [6.07, 6.45) is 5.07. The van der Waals surface area contributed by atoms with Gasteiger partial charge in [0.2, 0.25) is 0 Å². The summed E-state index contributed by atoms with van der Waals surface area (Å²) in [5.74, 6) is 0.944. The van der Waals surface area contributed by atoms with Crippen molar-refractivity contribution in [3.63, 3.8) is 0 Å². The van der Waals surface area contributed by atoms with Crippen LogP contribution in [0.5, 0.6) is 0 Å². The number of nitrogens with zero attached hydrogens (tertiary/aromatic N) is 7. The predicted molar refractivity (Wildman–Crippen MR) is 146 cm³/mol. The molecular weight excluding hydrogens is 469 g/mol. The van der Waals surface area contributed by atoms with Gasteiger partial charge in [0.15, 0.2) is 0 Å². The molecule has 0 saturated carbocycles. The second-order valence-electron chi connectivity index (χ2n) is 10.1. The maximum absolute atomic E-state index is 15.1. The van der Waals surface area contributed by atoms with Gasteiger partial charge in [-0.15, -0.1) is 0 Å². The zero-order valence-electron chi connectivity index (χ0n) is 22.3. The first-order valence-electron chi connectivity index (χ1n) is 13.1. The van der Waals surface area contributed by atoms with E-state index in [1.54, 1.807) is 6.20 Å². The lowest BCUT2D eigenvalue weighted by molar-refractivity contribution is 0.130. The van der Waals surface area contributed by atoms with Crippen LogP contribution < -0.4 is 15.5 Å². The SMILES string of the molecule is CCN1CCN(Cc2cnc(Nc3ncnc(-c4cc(F)c5c(c4)N(C(C)C)C(C)N5)c3C)cn2)CC1. The van der Waals surface area contributed by atoms with Gasteiger partial charge in [-0.3, -0.25) is 9.88 Å². The summed E-state index contributed by atoms with van der Waals surface area (Å²) in [5, 5.41) is 6.52. The van der Waals surface area contributed by atoms with Crippen molar-refractivity contribution in [2.45, 2.75) is 53.4 Å². The molecule has 0 radical (unpaired) electrons. The summed E-state index contributed by atoms with van der Waals surface area (Å²) in [5.41, 5.74) is 4.54. The zero-order chi connectivity index (χ0) is 26.1. The third-order valence-corrected chi connectivity index (χ3v) is 7.28. The van der Waals surface area contributed by atoms with Crippen LogP contribution in [0.1, 0.15) is 39.0 Å². The highest BCUT2D eigenvalue weighted by Gasteiger charge is 2.30. The van der Waals surface area contributed by atoms with Crippen molar-refractivity contribution in [2.75, 3.05) is 48.3 Å². The Kier molecular flexibility index (Phi) is 7.21. The maximum atomic E-state index is 15.1. The second-order valence-corrected chi connectivity index (χ2v) is 10.1. The van der Waals surface area contributed by atoms with E-state index in [2.05, 4.69) is 66.0 Å². The van der Waals surface area contributed by atoms with Crippen molar-refractivity contribution < 1.29 is 4.39 Å². The van der Waals surface area contributed by atoms with E-state index in [0.717, 1.165) is 56.2 Å². The molecule has 1 unspecified atom stereocenters. The number of hydrogen-bond donors (Lipinski definition) is 2. The number of piperazine rings is 1. The quantitative estimate of drug-likeness (QED) is 0.489. The van der Waals surface area contributed by atoms with Gasteiger partial charge in [-0.2, -0.15) is 0 Å². The Bertz CT molecular complexity index is 1240. The second kappa shape index (κ2) is 10.5. The van der Waals surface area contributed by atoms with Gasteiger partial charge in [-0.25, -0.2) is 19.3 Å². The van der Waals surface area contributed by atoms with Crippen LogP contribution in [0, 0.1) is 12.7 Å². The van der Waals surface area contributed by atoms with Crippen LogP contribution in [-0.2, 0) is 6.54 Å². The normalized spacial score (nSPS) is 18.2. The Morgan fingerprint density at radius 3 is 2.49 bits per heavy atom. The van der Waals surface area contributed by atoms with Gasteiger partial charge in [-0.05, 0) is 46.4 Å². The molecule has 0 aliphatic carbocycles. The molecule has 0 amide bonds. The van der Waals surface area contributed by atoms with E-state index in [9.17, 15) is 0 Å². The van der Waals surface area contributed by atoms with Gasteiger partial charge >= 0.3 is 0 Å². The zero-order valence-corrected chi connectivity index (χ0v) is 22.3. The monoisotopic (exact) mass is 505 g/mol. The number of benzene rings is 1. The molecule has 3 aromatic rings. The molecule has 2 aromatic heterocycles. The van der Waals surface area contributed by atoms with Gasteiger partial charge < -0.3 is 20.4 Å². The molecule has 196 valence electrons. The topological polar surface area (TPSA) is 85.3 Å². The number of nitrogens with one attached hydrogen (secondary N) is 2. The largest absolute Gasteiger partial charge is 0.361 e. The van der Waals surface area contributed by atoms with Gasteiger partial charge in [0, 0.05) is 49.9 Å². The fourth-order valence-electron chi connectivity index (χ4n) is 5.27. The summed E-state index contributed by atoms with van der Waals surface area (Å²) in [4.78, 5) is 25.2. The molecule has 9 nitrogen and oxygen atoms in total. The molecule has 37 heavy (non-hydrogen) atoms. The summed E-state index contributed by atoms with van der Waals surface area (Å²) in [6.45, 7) is 16.6. The first-order chi connectivity index (χ1) is 17.8. The Morgan fingerprint density at radius 1 is 1.05 bits per heavy atom. The Hall–Kier alpha value is -3.37.